The first-order valence-corrected chi connectivity index (χ1v) is 8.49. The molecule has 6 nitrogen and oxygen atoms in total. The molecule has 1 atom stereocenters. The Hall–Kier alpha value is -2.11. The molecule has 0 aromatic carbocycles. The predicted molar refractivity (Wildman–Crippen MR) is 83.9 cm³/mol. The summed E-state index contributed by atoms with van der Waals surface area (Å²) in [6.07, 6.45) is 8.48. The molecule has 4 rings (SSSR count). The first-order valence-electron chi connectivity index (χ1n) is 8.49. The first kappa shape index (κ1) is 14.5. The van der Waals surface area contributed by atoms with Crippen molar-refractivity contribution < 1.29 is 9.32 Å². The van der Waals surface area contributed by atoms with E-state index in [4.69, 9.17) is 4.52 Å². The van der Waals surface area contributed by atoms with Gasteiger partial charge in [0.15, 0.2) is 5.69 Å². The summed E-state index contributed by atoms with van der Waals surface area (Å²) in [7, 11) is 1.91. The molecule has 3 heterocycles. The zero-order valence-electron chi connectivity index (χ0n) is 13.4. The zero-order valence-corrected chi connectivity index (χ0v) is 13.4. The molecule has 1 saturated heterocycles. The van der Waals surface area contributed by atoms with Crippen LogP contribution in [0.25, 0.3) is 0 Å². The number of likely N-dealkylation sites (tertiary alicyclic amines) is 1. The van der Waals surface area contributed by atoms with Gasteiger partial charge in [-0.2, -0.15) is 5.10 Å². The van der Waals surface area contributed by atoms with Crippen molar-refractivity contribution in [2.75, 3.05) is 6.54 Å². The van der Waals surface area contributed by atoms with Crippen LogP contribution in [0.1, 0.15) is 72.4 Å². The van der Waals surface area contributed by atoms with Gasteiger partial charge in [0.2, 0.25) is 0 Å². The molecule has 1 saturated carbocycles. The third kappa shape index (κ3) is 2.90. The molecule has 6 heteroatoms. The van der Waals surface area contributed by atoms with Gasteiger partial charge in [-0.1, -0.05) is 18.0 Å². The quantitative estimate of drug-likeness (QED) is 0.873. The molecule has 2 aliphatic rings. The number of aryl methyl sites for hydroxylation is 1. The van der Waals surface area contributed by atoms with Crippen LogP contribution in [0.15, 0.2) is 22.9 Å². The van der Waals surface area contributed by atoms with E-state index < -0.39 is 0 Å². The summed E-state index contributed by atoms with van der Waals surface area (Å²) in [5.74, 6) is 1.30. The molecule has 2 aromatic rings. The maximum absolute atomic E-state index is 13.0. The SMILES string of the molecule is Cn1ccc([C@H]2CCCCCN2C(=O)c2cc(C3CC3)on2)n1. The van der Waals surface area contributed by atoms with Crippen molar-refractivity contribution in [3.8, 4) is 0 Å². The van der Waals surface area contributed by atoms with E-state index >= 15 is 0 Å². The number of carbonyl (C=O) groups is 1. The summed E-state index contributed by atoms with van der Waals surface area (Å²) in [5, 5.41) is 8.55. The van der Waals surface area contributed by atoms with Gasteiger partial charge in [-0.3, -0.25) is 9.48 Å². The lowest BCUT2D eigenvalue weighted by atomic mass is 10.1. The average Bonchev–Trinajstić information content (AvgIpc) is 3.21. The van der Waals surface area contributed by atoms with Crippen molar-refractivity contribution in [1.29, 1.82) is 0 Å². The molecular weight excluding hydrogens is 292 g/mol. The largest absolute Gasteiger partial charge is 0.360 e. The molecule has 2 fully saturated rings. The standard InChI is InChI=1S/C17H22N4O2/c1-20-10-8-13(18-20)15-5-3-2-4-9-21(15)17(22)14-11-16(23-19-14)12-6-7-12/h8,10-12,15H,2-7,9H2,1H3/t15-/m1/s1. The van der Waals surface area contributed by atoms with Crippen molar-refractivity contribution in [1.82, 2.24) is 19.8 Å². The second-order valence-corrected chi connectivity index (χ2v) is 6.67. The van der Waals surface area contributed by atoms with E-state index in [0.717, 1.165) is 56.5 Å². The van der Waals surface area contributed by atoms with Gasteiger partial charge in [-0.25, -0.2) is 0 Å². The van der Waals surface area contributed by atoms with Crippen LogP contribution in [0.4, 0.5) is 0 Å². The van der Waals surface area contributed by atoms with Gasteiger partial charge in [0, 0.05) is 31.8 Å². The van der Waals surface area contributed by atoms with Gasteiger partial charge in [-0.15, -0.1) is 0 Å². The second kappa shape index (κ2) is 5.83. The number of carbonyl (C=O) groups excluding carboxylic acids is 1. The van der Waals surface area contributed by atoms with Crippen LogP contribution in [-0.2, 0) is 7.05 Å². The molecular formula is C17H22N4O2. The van der Waals surface area contributed by atoms with Gasteiger partial charge in [0.25, 0.3) is 5.91 Å². The Labute approximate surface area is 135 Å². The lowest BCUT2D eigenvalue weighted by Crippen LogP contribution is -2.35. The number of amides is 1. The molecule has 0 radical (unpaired) electrons. The minimum atomic E-state index is -0.0294. The predicted octanol–water partition coefficient (Wildman–Crippen LogP) is 3.04. The van der Waals surface area contributed by atoms with Gasteiger partial charge in [-0.05, 0) is 31.7 Å². The Kier molecular flexibility index (Phi) is 3.67. The number of rotatable bonds is 3. The van der Waals surface area contributed by atoms with Crippen molar-refractivity contribution in [3.05, 3.63) is 35.5 Å². The van der Waals surface area contributed by atoms with Crippen LogP contribution in [0.2, 0.25) is 0 Å². The lowest BCUT2D eigenvalue weighted by Gasteiger charge is -2.28. The van der Waals surface area contributed by atoms with Gasteiger partial charge < -0.3 is 9.42 Å². The molecule has 0 spiro atoms. The van der Waals surface area contributed by atoms with E-state index in [-0.39, 0.29) is 11.9 Å². The molecule has 122 valence electrons. The first-order chi connectivity index (χ1) is 11.2. The van der Waals surface area contributed by atoms with Crippen molar-refractivity contribution in [3.63, 3.8) is 0 Å². The van der Waals surface area contributed by atoms with Crippen LogP contribution >= 0.6 is 0 Å². The Morgan fingerprint density at radius 2 is 2.13 bits per heavy atom. The highest BCUT2D eigenvalue weighted by molar-refractivity contribution is 5.92. The number of aromatic nitrogens is 3. The monoisotopic (exact) mass is 314 g/mol. The highest BCUT2D eigenvalue weighted by atomic mass is 16.5. The van der Waals surface area contributed by atoms with Gasteiger partial charge in [0.05, 0.1) is 11.7 Å². The van der Waals surface area contributed by atoms with E-state index in [2.05, 4.69) is 10.3 Å². The third-order valence-electron chi connectivity index (χ3n) is 4.82. The Bertz CT molecular complexity index is 701. The fourth-order valence-corrected chi connectivity index (χ4v) is 3.37. The van der Waals surface area contributed by atoms with E-state index in [1.165, 1.54) is 0 Å². The summed E-state index contributed by atoms with van der Waals surface area (Å²) >= 11 is 0. The normalized spacial score (nSPS) is 22.1. The minimum absolute atomic E-state index is 0.0294. The Balaban J connectivity index is 1.60. The van der Waals surface area contributed by atoms with E-state index in [1.807, 2.05) is 30.3 Å². The molecule has 1 aliphatic heterocycles. The molecule has 23 heavy (non-hydrogen) atoms. The summed E-state index contributed by atoms with van der Waals surface area (Å²) < 4.78 is 7.16. The fourth-order valence-electron chi connectivity index (χ4n) is 3.37. The maximum Gasteiger partial charge on any atom is 0.276 e. The number of hydrogen-bond donors (Lipinski definition) is 0. The Morgan fingerprint density at radius 1 is 1.26 bits per heavy atom. The second-order valence-electron chi connectivity index (χ2n) is 6.67. The zero-order chi connectivity index (χ0) is 15.8. The summed E-state index contributed by atoms with van der Waals surface area (Å²) in [6.45, 7) is 0.756. The molecule has 0 bridgehead atoms. The maximum atomic E-state index is 13.0. The summed E-state index contributed by atoms with van der Waals surface area (Å²) in [6, 6.07) is 3.88. The topological polar surface area (TPSA) is 64.2 Å². The summed E-state index contributed by atoms with van der Waals surface area (Å²) in [4.78, 5) is 14.9. The highest BCUT2D eigenvalue weighted by Gasteiger charge is 2.33. The third-order valence-corrected chi connectivity index (χ3v) is 4.82. The molecule has 0 unspecified atom stereocenters. The number of hydrogen-bond acceptors (Lipinski definition) is 4. The smallest absolute Gasteiger partial charge is 0.276 e. The van der Waals surface area contributed by atoms with Crippen LogP contribution in [0.3, 0.4) is 0 Å². The molecule has 0 N–H and O–H groups in total. The van der Waals surface area contributed by atoms with Crippen molar-refractivity contribution in [2.45, 2.75) is 50.5 Å². The van der Waals surface area contributed by atoms with Crippen LogP contribution in [0, 0.1) is 0 Å². The molecule has 1 amide bonds. The molecule has 2 aromatic heterocycles. The molecule has 1 aliphatic carbocycles. The number of nitrogens with zero attached hydrogens (tertiary/aromatic N) is 4. The minimum Gasteiger partial charge on any atom is -0.360 e. The van der Waals surface area contributed by atoms with Gasteiger partial charge >= 0.3 is 0 Å². The Morgan fingerprint density at radius 3 is 2.87 bits per heavy atom. The average molecular weight is 314 g/mol. The van der Waals surface area contributed by atoms with E-state index in [9.17, 15) is 4.79 Å². The van der Waals surface area contributed by atoms with Crippen LogP contribution in [-0.4, -0.2) is 32.3 Å². The van der Waals surface area contributed by atoms with E-state index in [0.29, 0.717) is 11.6 Å². The fraction of sp³-hybridized carbons (Fsp3) is 0.588. The van der Waals surface area contributed by atoms with Crippen molar-refractivity contribution >= 4 is 5.91 Å². The summed E-state index contributed by atoms with van der Waals surface area (Å²) in [5.41, 5.74) is 1.41. The van der Waals surface area contributed by atoms with E-state index in [1.54, 1.807) is 4.68 Å². The highest BCUT2D eigenvalue weighted by Crippen LogP contribution is 2.40. The van der Waals surface area contributed by atoms with Crippen molar-refractivity contribution in [2.24, 2.45) is 7.05 Å². The van der Waals surface area contributed by atoms with Gasteiger partial charge in [0.1, 0.15) is 5.76 Å². The van der Waals surface area contributed by atoms with Crippen LogP contribution < -0.4 is 0 Å². The van der Waals surface area contributed by atoms with Crippen LogP contribution in [0.5, 0.6) is 0 Å². The lowest BCUT2D eigenvalue weighted by molar-refractivity contribution is 0.0665.